The van der Waals surface area contributed by atoms with Gasteiger partial charge in [-0.3, -0.25) is 9.59 Å². The van der Waals surface area contributed by atoms with E-state index in [0.717, 1.165) is 4.88 Å². The molecule has 2 N–H and O–H groups in total. The largest absolute Gasteiger partial charge is 0.347 e. The molecule has 9 nitrogen and oxygen atoms in total. The summed E-state index contributed by atoms with van der Waals surface area (Å²) >= 11 is 7.78. The lowest BCUT2D eigenvalue weighted by atomic mass is 10.1. The summed E-state index contributed by atoms with van der Waals surface area (Å²) in [5.41, 5.74) is -0.0769. The molecule has 0 aliphatic carbocycles. The van der Waals surface area contributed by atoms with Crippen molar-refractivity contribution in [3.63, 3.8) is 0 Å². The topological polar surface area (TPSA) is 123 Å². The Morgan fingerprint density at radius 1 is 1.15 bits per heavy atom. The molecule has 0 atom stereocenters. The Hall–Kier alpha value is -3.54. The number of nitrogens with zero attached hydrogens (tertiary/aromatic N) is 3. The maximum atomic E-state index is 13.1. The number of halogens is 1. The van der Waals surface area contributed by atoms with Crippen molar-refractivity contribution in [2.75, 3.05) is 5.32 Å². The van der Waals surface area contributed by atoms with Gasteiger partial charge in [0.15, 0.2) is 0 Å². The predicted molar refractivity (Wildman–Crippen MR) is 122 cm³/mol. The molecule has 1 aliphatic heterocycles. The predicted octanol–water partition coefficient (Wildman–Crippen LogP) is 3.31. The van der Waals surface area contributed by atoms with E-state index >= 15 is 0 Å². The van der Waals surface area contributed by atoms with Crippen LogP contribution in [0.4, 0.5) is 5.69 Å². The first-order valence-electron chi connectivity index (χ1n) is 9.57. The van der Waals surface area contributed by atoms with E-state index in [9.17, 15) is 18.0 Å². The maximum Gasteiger partial charge on any atom is 0.257 e. The van der Waals surface area contributed by atoms with E-state index < -0.39 is 21.7 Å². The van der Waals surface area contributed by atoms with Crippen molar-refractivity contribution in [2.24, 2.45) is 0 Å². The standard InChI is InChI=1S/C21H14ClN5O4S2/c22-17-14(19(28)23-10-12-11-24-21(32-12)27-9-3-8-25-27)6-7-16-18(17)26-20(29)13-4-1-2-5-15(13)33(16,30)31/h1-9,11H,10H2,(H,23,28)(H,26,29). The summed E-state index contributed by atoms with van der Waals surface area (Å²) < 4.78 is 27.9. The number of carbonyl (C=O) groups is 2. The van der Waals surface area contributed by atoms with Crippen molar-refractivity contribution in [1.29, 1.82) is 0 Å². The van der Waals surface area contributed by atoms with Crippen LogP contribution in [0.1, 0.15) is 25.6 Å². The number of amides is 2. The molecule has 3 heterocycles. The molecule has 33 heavy (non-hydrogen) atoms. The molecule has 0 radical (unpaired) electrons. The Bertz CT molecular complexity index is 1510. The van der Waals surface area contributed by atoms with Crippen LogP contribution in [0, 0.1) is 0 Å². The maximum absolute atomic E-state index is 13.1. The van der Waals surface area contributed by atoms with Gasteiger partial charge in [-0.15, -0.1) is 0 Å². The molecule has 4 aromatic rings. The zero-order valence-corrected chi connectivity index (χ0v) is 19.0. The average Bonchev–Trinajstić information content (AvgIpc) is 3.49. The number of thiazole rings is 1. The second-order valence-electron chi connectivity index (χ2n) is 7.00. The average molecular weight is 500 g/mol. The molecule has 12 heteroatoms. The zero-order valence-electron chi connectivity index (χ0n) is 16.6. The minimum Gasteiger partial charge on any atom is -0.347 e. The Kier molecular flexibility index (Phi) is 5.23. The van der Waals surface area contributed by atoms with E-state index in [0.29, 0.717) is 5.13 Å². The van der Waals surface area contributed by atoms with E-state index in [1.54, 1.807) is 35.4 Å². The second-order valence-corrected chi connectivity index (χ2v) is 10.4. The highest BCUT2D eigenvalue weighted by molar-refractivity contribution is 7.91. The van der Waals surface area contributed by atoms with E-state index in [4.69, 9.17) is 11.6 Å². The lowest BCUT2D eigenvalue weighted by Gasteiger charge is -2.13. The van der Waals surface area contributed by atoms with Gasteiger partial charge in [0, 0.05) is 23.5 Å². The first-order valence-corrected chi connectivity index (χ1v) is 12.2. The molecule has 5 rings (SSSR count). The number of hydrogen-bond acceptors (Lipinski definition) is 7. The monoisotopic (exact) mass is 499 g/mol. The van der Waals surface area contributed by atoms with E-state index in [-0.39, 0.29) is 38.2 Å². The van der Waals surface area contributed by atoms with Crippen LogP contribution in [-0.2, 0) is 16.4 Å². The third-order valence-corrected chi connectivity index (χ3v) is 8.20. The number of hydrogen-bond donors (Lipinski definition) is 2. The van der Waals surface area contributed by atoms with Gasteiger partial charge in [-0.2, -0.15) is 5.10 Å². The first-order chi connectivity index (χ1) is 15.9. The lowest BCUT2D eigenvalue weighted by Crippen LogP contribution is -2.23. The smallest absolute Gasteiger partial charge is 0.257 e. The first kappa shape index (κ1) is 21.3. The number of nitrogens with one attached hydrogen (secondary N) is 2. The van der Waals surface area contributed by atoms with Crippen LogP contribution in [0.2, 0.25) is 5.02 Å². The van der Waals surface area contributed by atoms with Gasteiger partial charge in [0.2, 0.25) is 15.0 Å². The molecule has 1 aliphatic rings. The van der Waals surface area contributed by atoms with Crippen LogP contribution in [0.3, 0.4) is 0 Å². The summed E-state index contributed by atoms with van der Waals surface area (Å²) in [7, 11) is -4.02. The van der Waals surface area contributed by atoms with Crippen LogP contribution in [0.25, 0.3) is 5.13 Å². The van der Waals surface area contributed by atoms with Gasteiger partial charge in [0.25, 0.3) is 11.8 Å². The molecule has 0 saturated carbocycles. The fraction of sp³-hybridized carbons (Fsp3) is 0.0476. The van der Waals surface area contributed by atoms with E-state index in [1.807, 2.05) is 0 Å². The molecular formula is C21H14ClN5O4S2. The van der Waals surface area contributed by atoms with Gasteiger partial charge < -0.3 is 10.6 Å². The minimum absolute atomic E-state index is 0.00829. The number of anilines is 1. The quantitative estimate of drug-likeness (QED) is 0.444. The van der Waals surface area contributed by atoms with Crippen LogP contribution < -0.4 is 10.6 Å². The van der Waals surface area contributed by atoms with Gasteiger partial charge in [0.1, 0.15) is 0 Å². The van der Waals surface area contributed by atoms with Gasteiger partial charge in [-0.1, -0.05) is 35.1 Å². The molecule has 2 aromatic heterocycles. The molecule has 0 spiro atoms. The van der Waals surface area contributed by atoms with Crippen LogP contribution in [0.15, 0.2) is 70.8 Å². The number of benzene rings is 2. The lowest BCUT2D eigenvalue weighted by molar-refractivity contribution is 0.0950. The van der Waals surface area contributed by atoms with Crippen molar-refractivity contribution >= 4 is 50.3 Å². The summed E-state index contributed by atoms with van der Waals surface area (Å²) in [4.78, 5) is 30.2. The van der Waals surface area contributed by atoms with Crippen molar-refractivity contribution < 1.29 is 18.0 Å². The van der Waals surface area contributed by atoms with Crippen LogP contribution in [-0.4, -0.2) is 35.0 Å². The molecule has 0 fully saturated rings. The summed E-state index contributed by atoms with van der Waals surface area (Å²) in [6.07, 6.45) is 5.03. The van der Waals surface area contributed by atoms with Gasteiger partial charge >= 0.3 is 0 Å². The van der Waals surface area contributed by atoms with Crippen LogP contribution in [0.5, 0.6) is 0 Å². The number of fused-ring (bicyclic) bond motifs is 2. The Morgan fingerprint density at radius 2 is 1.97 bits per heavy atom. The van der Waals surface area contributed by atoms with Crippen molar-refractivity contribution in [3.05, 3.63) is 82.1 Å². The highest BCUT2D eigenvalue weighted by atomic mass is 35.5. The second kappa shape index (κ2) is 8.10. The Labute approximate surface area is 197 Å². The third-order valence-electron chi connectivity index (χ3n) is 4.96. The van der Waals surface area contributed by atoms with Crippen molar-refractivity contribution in [3.8, 4) is 5.13 Å². The molecule has 0 bridgehead atoms. The summed E-state index contributed by atoms with van der Waals surface area (Å²) in [5, 5.41) is 9.89. The summed E-state index contributed by atoms with van der Waals surface area (Å²) in [5.74, 6) is -1.14. The van der Waals surface area contributed by atoms with Crippen molar-refractivity contribution in [1.82, 2.24) is 20.1 Å². The van der Waals surface area contributed by atoms with Gasteiger partial charge in [0.05, 0.1) is 38.2 Å². The number of aromatic nitrogens is 3. The molecule has 0 unspecified atom stereocenters. The van der Waals surface area contributed by atoms with Crippen LogP contribution >= 0.6 is 22.9 Å². The van der Waals surface area contributed by atoms with Gasteiger partial charge in [-0.25, -0.2) is 18.1 Å². The van der Waals surface area contributed by atoms with E-state index in [2.05, 4.69) is 20.7 Å². The van der Waals surface area contributed by atoms with Crippen molar-refractivity contribution in [2.45, 2.75) is 16.3 Å². The number of sulfone groups is 1. The Morgan fingerprint density at radius 3 is 2.76 bits per heavy atom. The Balaban J connectivity index is 1.43. The fourth-order valence-corrected chi connectivity index (χ4v) is 6.15. The number of carbonyl (C=O) groups excluding carboxylic acids is 2. The minimum atomic E-state index is -4.02. The molecule has 166 valence electrons. The highest BCUT2D eigenvalue weighted by Crippen LogP contribution is 2.39. The van der Waals surface area contributed by atoms with E-state index in [1.165, 1.54) is 41.7 Å². The third kappa shape index (κ3) is 3.69. The molecule has 2 amide bonds. The van der Waals surface area contributed by atoms with Gasteiger partial charge in [-0.05, 0) is 30.3 Å². The SMILES string of the molecule is O=C1Nc2c(ccc(C(=O)NCc3cnc(-n4cccn4)s3)c2Cl)S(=O)(=O)c2ccccc21. The number of rotatable bonds is 4. The molecular weight excluding hydrogens is 486 g/mol. The summed E-state index contributed by atoms with van der Waals surface area (Å²) in [6.45, 7) is 0.182. The fourth-order valence-electron chi connectivity index (χ4n) is 3.39. The summed E-state index contributed by atoms with van der Waals surface area (Å²) in [6, 6.07) is 10.3. The zero-order chi connectivity index (χ0) is 23.2. The molecule has 0 saturated heterocycles. The normalized spacial score (nSPS) is 14.0. The highest BCUT2D eigenvalue weighted by Gasteiger charge is 2.33. The molecule has 2 aromatic carbocycles.